The molecule has 5 heteroatoms. The Hall–Kier alpha value is -2.04. The number of nitrogens with zero attached hydrogens (tertiary/aromatic N) is 1. The molecular weight excluding hydrogens is 315 g/mol. The normalized spacial score (nSPS) is 11.5. The van der Waals surface area contributed by atoms with Crippen LogP contribution in [0.4, 0.5) is 13.2 Å². The molecule has 2 aromatic rings. The summed E-state index contributed by atoms with van der Waals surface area (Å²) in [7, 11) is 0. The van der Waals surface area contributed by atoms with Gasteiger partial charge in [-0.25, -0.2) is 0 Å². The molecule has 0 bridgehead atoms. The molecule has 24 heavy (non-hydrogen) atoms. The molecule has 0 aliphatic carbocycles. The lowest BCUT2D eigenvalue weighted by atomic mass is 10.1. The van der Waals surface area contributed by atoms with Crippen LogP contribution in [0.25, 0.3) is 11.3 Å². The smallest absolute Gasteiger partial charge is 0.417 e. The SMILES string of the molecule is CCCCCCCOc1ccc(-c2ccc(C(F)(F)F)cn2)cc1. The highest BCUT2D eigenvalue weighted by molar-refractivity contribution is 5.60. The molecule has 0 spiro atoms. The van der Waals surface area contributed by atoms with E-state index in [-0.39, 0.29) is 0 Å². The van der Waals surface area contributed by atoms with Gasteiger partial charge in [-0.3, -0.25) is 4.98 Å². The maximum absolute atomic E-state index is 12.5. The van der Waals surface area contributed by atoms with Crippen molar-refractivity contribution >= 4 is 0 Å². The molecule has 1 aromatic carbocycles. The lowest BCUT2D eigenvalue weighted by Gasteiger charge is -2.08. The summed E-state index contributed by atoms with van der Waals surface area (Å²) >= 11 is 0. The molecule has 1 heterocycles. The molecule has 0 aliphatic rings. The van der Waals surface area contributed by atoms with Crippen molar-refractivity contribution in [3.8, 4) is 17.0 Å². The van der Waals surface area contributed by atoms with E-state index < -0.39 is 11.7 Å². The first-order valence-electron chi connectivity index (χ1n) is 8.27. The standard InChI is InChI=1S/C19H22F3NO/c1-2-3-4-5-6-13-24-17-10-7-15(8-11-17)18-12-9-16(14-23-18)19(20,21)22/h7-12,14H,2-6,13H2,1H3. The molecule has 0 amide bonds. The fraction of sp³-hybridized carbons (Fsp3) is 0.421. The Morgan fingerprint density at radius 1 is 0.917 bits per heavy atom. The minimum atomic E-state index is -4.36. The topological polar surface area (TPSA) is 22.1 Å². The monoisotopic (exact) mass is 337 g/mol. The molecular formula is C19H22F3NO. The van der Waals surface area contributed by atoms with Gasteiger partial charge < -0.3 is 4.74 Å². The second-order valence-corrected chi connectivity index (χ2v) is 5.72. The van der Waals surface area contributed by atoms with E-state index in [1.807, 2.05) is 24.3 Å². The van der Waals surface area contributed by atoms with Crippen molar-refractivity contribution in [2.24, 2.45) is 0 Å². The van der Waals surface area contributed by atoms with Gasteiger partial charge >= 0.3 is 6.18 Å². The van der Waals surface area contributed by atoms with Crippen LogP contribution in [0.3, 0.4) is 0 Å². The Morgan fingerprint density at radius 2 is 1.62 bits per heavy atom. The van der Waals surface area contributed by atoms with Gasteiger partial charge in [0.05, 0.1) is 17.9 Å². The zero-order chi connectivity index (χ0) is 17.4. The fourth-order valence-electron chi connectivity index (χ4n) is 2.35. The molecule has 130 valence electrons. The molecule has 1 aromatic heterocycles. The summed E-state index contributed by atoms with van der Waals surface area (Å²) in [6, 6.07) is 9.68. The van der Waals surface area contributed by atoms with Crippen LogP contribution in [0.5, 0.6) is 5.75 Å². The summed E-state index contributed by atoms with van der Waals surface area (Å²) in [6.45, 7) is 2.87. The minimum Gasteiger partial charge on any atom is -0.494 e. The van der Waals surface area contributed by atoms with E-state index in [0.29, 0.717) is 12.3 Å². The third-order valence-corrected chi connectivity index (χ3v) is 3.76. The average molecular weight is 337 g/mol. The molecule has 0 fully saturated rings. The Morgan fingerprint density at radius 3 is 2.21 bits per heavy atom. The van der Waals surface area contributed by atoms with E-state index in [2.05, 4.69) is 11.9 Å². The molecule has 0 saturated heterocycles. The Labute approximate surface area is 140 Å². The number of hydrogen-bond acceptors (Lipinski definition) is 2. The first-order valence-corrected chi connectivity index (χ1v) is 8.27. The van der Waals surface area contributed by atoms with Crippen molar-refractivity contribution in [2.75, 3.05) is 6.61 Å². The second-order valence-electron chi connectivity index (χ2n) is 5.72. The van der Waals surface area contributed by atoms with Crippen LogP contribution in [0, 0.1) is 0 Å². The number of unbranched alkanes of at least 4 members (excludes halogenated alkanes) is 4. The first-order chi connectivity index (χ1) is 11.5. The van der Waals surface area contributed by atoms with Crippen LogP contribution in [-0.4, -0.2) is 11.6 Å². The van der Waals surface area contributed by atoms with Gasteiger partial charge in [-0.15, -0.1) is 0 Å². The van der Waals surface area contributed by atoms with Crippen LogP contribution in [0.2, 0.25) is 0 Å². The highest BCUT2D eigenvalue weighted by Crippen LogP contribution is 2.30. The number of pyridine rings is 1. The van der Waals surface area contributed by atoms with Crippen LogP contribution in [0.1, 0.15) is 44.6 Å². The summed E-state index contributed by atoms with van der Waals surface area (Å²) in [4.78, 5) is 3.89. The van der Waals surface area contributed by atoms with Gasteiger partial charge in [0, 0.05) is 11.8 Å². The largest absolute Gasteiger partial charge is 0.494 e. The molecule has 2 nitrogen and oxygen atoms in total. The number of alkyl halides is 3. The van der Waals surface area contributed by atoms with E-state index in [1.165, 1.54) is 31.7 Å². The van der Waals surface area contributed by atoms with E-state index in [4.69, 9.17) is 4.74 Å². The minimum absolute atomic E-state index is 0.508. The lowest BCUT2D eigenvalue weighted by molar-refractivity contribution is -0.137. The van der Waals surface area contributed by atoms with Crippen molar-refractivity contribution in [3.05, 3.63) is 48.2 Å². The summed E-state index contributed by atoms with van der Waals surface area (Å²) < 4.78 is 43.3. The van der Waals surface area contributed by atoms with Crippen LogP contribution in [-0.2, 0) is 6.18 Å². The maximum Gasteiger partial charge on any atom is 0.417 e. The fourth-order valence-corrected chi connectivity index (χ4v) is 2.35. The number of rotatable bonds is 8. The molecule has 0 radical (unpaired) electrons. The highest BCUT2D eigenvalue weighted by atomic mass is 19.4. The summed E-state index contributed by atoms with van der Waals surface area (Å²) in [5, 5.41) is 0. The zero-order valence-corrected chi connectivity index (χ0v) is 13.8. The number of halogens is 3. The summed E-state index contributed by atoms with van der Waals surface area (Å²) in [5.74, 6) is 0.765. The Kier molecular flexibility index (Phi) is 6.64. The van der Waals surface area contributed by atoms with Gasteiger partial charge in [0.15, 0.2) is 0 Å². The van der Waals surface area contributed by atoms with Gasteiger partial charge in [0.1, 0.15) is 5.75 Å². The first kappa shape index (κ1) is 18.3. The van der Waals surface area contributed by atoms with E-state index in [1.54, 1.807) is 0 Å². The van der Waals surface area contributed by atoms with Crippen LogP contribution < -0.4 is 4.74 Å². The van der Waals surface area contributed by atoms with E-state index in [9.17, 15) is 13.2 Å². The third kappa shape index (κ3) is 5.55. The molecule has 2 rings (SSSR count). The van der Waals surface area contributed by atoms with Gasteiger partial charge in [0.2, 0.25) is 0 Å². The quantitative estimate of drug-likeness (QED) is 0.542. The number of benzene rings is 1. The second kappa shape index (κ2) is 8.71. The molecule has 0 N–H and O–H groups in total. The molecule has 0 saturated carbocycles. The van der Waals surface area contributed by atoms with Crippen molar-refractivity contribution in [3.63, 3.8) is 0 Å². The number of hydrogen-bond donors (Lipinski definition) is 0. The Bertz CT molecular complexity index is 606. The van der Waals surface area contributed by atoms with Gasteiger partial charge in [-0.2, -0.15) is 13.2 Å². The maximum atomic E-state index is 12.5. The van der Waals surface area contributed by atoms with Gasteiger partial charge in [-0.1, -0.05) is 32.6 Å². The van der Waals surface area contributed by atoms with E-state index >= 15 is 0 Å². The van der Waals surface area contributed by atoms with Crippen LogP contribution >= 0.6 is 0 Å². The molecule has 0 unspecified atom stereocenters. The summed E-state index contributed by atoms with van der Waals surface area (Å²) in [5.41, 5.74) is 0.530. The Balaban J connectivity index is 1.87. The predicted molar refractivity (Wildman–Crippen MR) is 88.9 cm³/mol. The van der Waals surface area contributed by atoms with Crippen molar-refractivity contribution < 1.29 is 17.9 Å². The van der Waals surface area contributed by atoms with E-state index in [0.717, 1.165) is 30.0 Å². The zero-order valence-electron chi connectivity index (χ0n) is 13.8. The van der Waals surface area contributed by atoms with Gasteiger partial charge in [0.25, 0.3) is 0 Å². The number of aromatic nitrogens is 1. The van der Waals surface area contributed by atoms with Crippen molar-refractivity contribution in [1.82, 2.24) is 4.98 Å². The number of ether oxygens (including phenoxy) is 1. The molecule has 0 aliphatic heterocycles. The predicted octanol–water partition coefficient (Wildman–Crippen LogP) is 6.12. The highest BCUT2D eigenvalue weighted by Gasteiger charge is 2.30. The average Bonchev–Trinajstić information content (AvgIpc) is 2.58. The lowest BCUT2D eigenvalue weighted by Crippen LogP contribution is -2.05. The third-order valence-electron chi connectivity index (χ3n) is 3.76. The van der Waals surface area contributed by atoms with Gasteiger partial charge in [-0.05, 0) is 42.8 Å². The molecule has 0 atom stereocenters. The van der Waals surface area contributed by atoms with Crippen LogP contribution in [0.15, 0.2) is 42.6 Å². The van der Waals surface area contributed by atoms with Crippen molar-refractivity contribution in [2.45, 2.75) is 45.2 Å². The van der Waals surface area contributed by atoms with Crippen molar-refractivity contribution in [1.29, 1.82) is 0 Å². The summed E-state index contributed by atoms with van der Waals surface area (Å²) in [6.07, 6.45) is 2.41.